The van der Waals surface area contributed by atoms with Crippen LogP contribution in [0.15, 0.2) is 18.3 Å². The molecule has 0 saturated carbocycles. The van der Waals surface area contributed by atoms with Gasteiger partial charge in [-0.15, -0.1) is 0 Å². The highest BCUT2D eigenvalue weighted by Crippen LogP contribution is 2.17. The standard InChI is InChI=1S/C9H9IN2/c1-2-7(6-11)9-5-8(10)3-4-12-9/h3-5,7H,2H2,1H3. The SMILES string of the molecule is CCC(C#N)c1cc(I)ccn1. The zero-order valence-electron chi connectivity index (χ0n) is 6.79. The van der Waals surface area contributed by atoms with Crippen molar-refractivity contribution in [2.45, 2.75) is 19.3 Å². The number of nitrogens with zero attached hydrogens (tertiary/aromatic N) is 2. The highest BCUT2D eigenvalue weighted by Gasteiger charge is 2.08. The molecule has 1 heterocycles. The molecule has 0 spiro atoms. The maximum Gasteiger partial charge on any atom is 0.0882 e. The van der Waals surface area contributed by atoms with Crippen LogP contribution in [-0.2, 0) is 0 Å². The van der Waals surface area contributed by atoms with E-state index in [0.717, 1.165) is 15.7 Å². The summed E-state index contributed by atoms with van der Waals surface area (Å²) in [6, 6.07) is 6.11. The number of pyridine rings is 1. The fourth-order valence-electron chi connectivity index (χ4n) is 0.978. The first kappa shape index (κ1) is 9.46. The zero-order chi connectivity index (χ0) is 8.97. The Hall–Kier alpha value is -0.630. The van der Waals surface area contributed by atoms with E-state index in [4.69, 9.17) is 5.26 Å². The molecule has 3 heteroatoms. The Morgan fingerprint density at radius 3 is 3.00 bits per heavy atom. The first-order valence-corrected chi connectivity index (χ1v) is 4.87. The fraction of sp³-hybridized carbons (Fsp3) is 0.333. The van der Waals surface area contributed by atoms with Gasteiger partial charge >= 0.3 is 0 Å². The maximum atomic E-state index is 8.78. The van der Waals surface area contributed by atoms with Gasteiger partial charge in [0.1, 0.15) is 0 Å². The summed E-state index contributed by atoms with van der Waals surface area (Å²) in [7, 11) is 0. The van der Waals surface area contributed by atoms with Gasteiger partial charge in [0.2, 0.25) is 0 Å². The van der Waals surface area contributed by atoms with E-state index in [0.29, 0.717) is 0 Å². The van der Waals surface area contributed by atoms with Crippen LogP contribution in [0.5, 0.6) is 0 Å². The molecule has 0 N–H and O–H groups in total. The van der Waals surface area contributed by atoms with E-state index in [9.17, 15) is 0 Å². The number of rotatable bonds is 2. The summed E-state index contributed by atoms with van der Waals surface area (Å²) in [5, 5.41) is 8.78. The highest BCUT2D eigenvalue weighted by atomic mass is 127. The van der Waals surface area contributed by atoms with E-state index in [1.54, 1.807) is 6.20 Å². The second-order valence-corrected chi connectivity index (χ2v) is 3.73. The average Bonchev–Trinajstić information content (AvgIpc) is 2.07. The van der Waals surface area contributed by atoms with Crippen molar-refractivity contribution in [1.29, 1.82) is 5.26 Å². The lowest BCUT2D eigenvalue weighted by molar-refractivity contribution is 0.786. The van der Waals surface area contributed by atoms with Gasteiger partial charge in [-0.25, -0.2) is 0 Å². The fourth-order valence-corrected chi connectivity index (χ4v) is 1.46. The second kappa shape index (κ2) is 4.41. The first-order chi connectivity index (χ1) is 5.77. The Morgan fingerprint density at radius 2 is 2.50 bits per heavy atom. The molecule has 0 aromatic carbocycles. The quantitative estimate of drug-likeness (QED) is 0.776. The minimum absolute atomic E-state index is 0.0558. The Bertz CT molecular complexity index is 304. The molecule has 2 nitrogen and oxygen atoms in total. The van der Waals surface area contributed by atoms with Crippen LogP contribution in [-0.4, -0.2) is 4.98 Å². The molecule has 1 rings (SSSR count). The molecule has 0 fully saturated rings. The summed E-state index contributed by atoms with van der Waals surface area (Å²) in [5.41, 5.74) is 0.881. The summed E-state index contributed by atoms with van der Waals surface area (Å²) in [6.07, 6.45) is 2.57. The molecule has 1 unspecified atom stereocenters. The smallest absolute Gasteiger partial charge is 0.0882 e. The Labute approximate surface area is 85.8 Å². The minimum Gasteiger partial charge on any atom is -0.260 e. The normalized spacial score (nSPS) is 12.1. The Morgan fingerprint density at radius 1 is 1.75 bits per heavy atom. The van der Waals surface area contributed by atoms with Crippen LogP contribution in [0.1, 0.15) is 25.0 Å². The number of nitriles is 1. The molecule has 0 aliphatic carbocycles. The largest absolute Gasteiger partial charge is 0.260 e. The molecule has 12 heavy (non-hydrogen) atoms. The summed E-state index contributed by atoms with van der Waals surface area (Å²) in [4.78, 5) is 4.15. The van der Waals surface area contributed by atoms with Crippen molar-refractivity contribution in [3.63, 3.8) is 0 Å². The van der Waals surface area contributed by atoms with Gasteiger partial charge in [0.25, 0.3) is 0 Å². The van der Waals surface area contributed by atoms with Gasteiger partial charge in [0.15, 0.2) is 0 Å². The molecular weight excluding hydrogens is 263 g/mol. The lowest BCUT2D eigenvalue weighted by Gasteiger charge is -2.04. The molecule has 1 atom stereocenters. The molecule has 0 aliphatic rings. The summed E-state index contributed by atoms with van der Waals surface area (Å²) in [5.74, 6) is -0.0558. The van der Waals surface area contributed by atoms with Gasteiger partial charge < -0.3 is 0 Å². The zero-order valence-corrected chi connectivity index (χ0v) is 8.95. The van der Waals surface area contributed by atoms with Crippen molar-refractivity contribution in [2.24, 2.45) is 0 Å². The van der Waals surface area contributed by atoms with E-state index < -0.39 is 0 Å². The third-order valence-electron chi connectivity index (χ3n) is 1.66. The van der Waals surface area contributed by atoms with Crippen molar-refractivity contribution in [3.8, 4) is 6.07 Å². The van der Waals surface area contributed by atoms with Crippen molar-refractivity contribution in [1.82, 2.24) is 4.98 Å². The number of aromatic nitrogens is 1. The van der Waals surface area contributed by atoms with Gasteiger partial charge in [0.05, 0.1) is 17.7 Å². The van der Waals surface area contributed by atoms with Crippen LogP contribution in [0.25, 0.3) is 0 Å². The van der Waals surface area contributed by atoms with E-state index in [1.807, 2.05) is 19.1 Å². The van der Waals surface area contributed by atoms with Crippen LogP contribution in [0.2, 0.25) is 0 Å². The van der Waals surface area contributed by atoms with Crippen molar-refractivity contribution in [3.05, 3.63) is 27.6 Å². The summed E-state index contributed by atoms with van der Waals surface area (Å²) < 4.78 is 1.13. The average molecular weight is 272 g/mol. The predicted octanol–water partition coefficient (Wildman–Crippen LogP) is 2.70. The highest BCUT2D eigenvalue weighted by molar-refractivity contribution is 14.1. The van der Waals surface area contributed by atoms with Gasteiger partial charge in [-0.05, 0) is 41.1 Å². The molecule has 1 aromatic heterocycles. The van der Waals surface area contributed by atoms with Gasteiger partial charge in [0, 0.05) is 9.77 Å². The molecular formula is C9H9IN2. The van der Waals surface area contributed by atoms with Crippen LogP contribution >= 0.6 is 22.6 Å². The molecule has 1 aromatic rings. The minimum atomic E-state index is -0.0558. The second-order valence-electron chi connectivity index (χ2n) is 2.49. The third kappa shape index (κ3) is 2.18. The summed E-state index contributed by atoms with van der Waals surface area (Å²) >= 11 is 2.22. The molecule has 0 radical (unpaired) electrons. The van der Waals surface area contributed by atoms with Crippen LogP contribution < -0.4 is 0 Å². The number of hydrogen-bond acceptors (Lipinski definition) is 2. The summed E-state index contributed by atoms with van der Waals surface area (Å²) in [6.45, 7) is 2.00. The molecule has 0 saturated heterocycles. The van der Waals surface area contributed by atoms with Crippen molar-refractivity contribution < 1.29 is 0 Å². The molecule has 62 valence electrons. The lowest BCUT2D eigenvalue weighted by Crippen LogP contribution is -1.97. The van der Waals surface area contributed by atoms with E-state index in [-0.39, 0.29) is 5.92 Å². The van der Waals surface area contributed by atoms with E-state index in [2.05, 4.69) is 33.6 Å². The Kier molecular flexibility index (Phi) is 3.48. The van der Waals surface area contributed by atoms with Crippen molar-refractivity contribution >= 4 is 22.6 Å². The van der Waals surface area contributed by atoms with Gasteiger partial charge in [-0.2, -0.15) is 5.26 Å². The van der Waals surface area contributed by atoms with Crippen LogP contribution in [0.4, 0.5) is 0 Å². The van der Waals surface area contributed by atoms with Crippen LogP contribution in [0, 0.1) is 14.9 Å². The molecule has 0 bridgehead atoms. The van der Waals surface area contributed by atoms with Crippen LogP contribution in [0.3, 0.4) is 0 Å². The first-order valence-electron chi connectivity index (χ1n) is 3.79. The molecule has 0 amide bonds. The van der Waals surface area contributed by atoms with E-state index >= 15 is 0 Å². The van der Waals surface area contributed by atoms with E-state index in [1.165, 1.54) is 0 Å². The number of halogens is 1. The molecule has 0 aliphatic heterocycles. The third-order valence-corrected chi connectivity index (χ3v) is 2.34. The monoisotopic (exact) mass is 272 g/mol. The maximum absolute atomic E-state index is 8.78. The Balaban J connectivity index is 2.95. The predicted molar refractivity (Wildman–Crippen MR) is 55.6 cm³/mol. The van der Waals surface area contributed by atoms with Gasteiger partial charge in [-0.3, -0.25) is 4.98 Å². The van der Waals surface area contributed by atoms with Gasteiger partial charge in [-0.1, -0.05) is 6.92 Å². The number of hydrogen-bond donors (Lipinski definition) is 0. The lowest BCUT2D eigenvalue weighted by atomic mass is 10.0. The topological polar surface area (TPSA) is 36.7 Å². The van der Waals surface area contributed by atoms with Crippen molar-refractivity contribution in [2.75, 3.05) is 0 Å².